The first-order valence-corrected chi connectivity index (χ1v) is 12.0. The number of rotatable bonds is 8. The predicted molar refractivity (Wildman–Crippen MR) is 131 cm³/mol. The van der Waals surface area contributed by atoms with Gasteiger partial charge in [-0.25, -0.2) is 4.79 Å². The third-order valence-corrected chi connectivity index (χ3v) is 6.62. The van der Waals surface area contributed by atoms with Gasteiger partial charge in [-0.2, -0.15) is 0 Å². The van der Waals surface area contributed by atoms with Gasteiger partial charge < -0.3 is 20.4 Å². The second-order valence-electron chi connectivity index (χ2n) is 8.90. The number of likely N-dealkylation sites (N-methyl/N-ethyl adjacent to an activating group) is 1. The monoisotopic (exact) mass is 449 g/mol. The van der Waals surface area contributed by atoms with E-state index in [1.54, 1.807) is 0 Å². The van der Waals surface area contributed by atoms with Crippen molar-refractivity contribution in [1.82, 2.24) is 20.0 Å². The van der Waals surface area contributed by atoms with Crippen molar-refractivity contribution in [1.29, 1.82) is 0 Å². The van der Waals surface area contributed by atoms with Crippen LogP contribution >= 0.6 is 0 Å². The largest absolute Gasteiger partial charge is 0.338 e. The Morgan fingerprint density at radius 2 is 1.58 bits per heavy atom. The Morgan fingerprint density at radius 1 is 0.879 bits per heavy atom. The van der Waals surface area contributed by atoms with Crippen LogP contribution in [-0.2, 0) is 24.4 Å². The highest BCUT2D eigenvalue weighted by atomic mass is 16.2. The molecular formula is C26H35N5O2. The van der Waals surface area contributed by atoms with E-state index in [2.05, 4.69) is 45.6 Å². The molecule has 0 aromatic heterocycles. The second kappa shape index (κ2) is 11.3. The molecule has 2 aromatic carbocycles. The van der Waals surface area contributed by atoms with Crippen LogP contribution in [0.15, 0.2) is 48.5 Å². The van der Waals surface area contributed by atoms with E-state index in [-0.39, 0.29) is 11.9 Å². The van der Waals surface area contributed by atoms with Gasteiger partial charge >= 0.3 is 6.03 Å². The lowest BCUT2D eigenvalue weighted by Gasteiger charge is -2.34. The minimum absolute atomic E-state index is 0.219. The highest BCUT2D eigenvalue weighted by molar-refractivity contribution is 5.89. The molecule has 3 amide bonds. The fourth-order valence-corrected chi connectivity index (χ4v) is 4.52. The summed E-state index contributed by atoms with van der Waals surface area (Å²) in [5.41, 5.74) is 4.23. The zero-order valence-corrected chi connectivity index (χ0v) is 19.6. The fourth-order valence-electron chi connectivity index (χ4n) is 4.52. The number of anilines is 1. The van der Waals surface area contributed by atoms with Crippen LogP contribution in [0.2, 0.25) is 0 Å². The Morgan fingerprint density at radius 3 is 2.24 bits per heavy atom. The van der Waals surface area contributed by atoms with Crippen molar-refractivity contribution in [2.45, 2.75) is 39.4 Å². The molecule has 2 aliphatic heterocycles. The molecule has 0 unspecified atom stereocenters. The summed E-state index contributed by atoms with van der Waals surface area (Å²) in [6.45, 7) is 10.6. The van der Waals surface area contributed by atoms with Crippen LogP contribution in [0, 0.1) is 0 Å². The minimum atomic E-state index is -0.219. The van der Waals surface area contributed by atoms with Gasteiger partial charge in [-0.05, 0) is 41.8 Å². The highest BCUT2D eigenvalue weighted by Crippen LogP contribution is 2.17. The van der Waals surface area contributed by atoms with E-state index in [4.69, 9.17) is 0 Å². The molecule has 0 aliphatic carbocycles. The number of nitrogens with zero attached hydrogens (tertiary/aromatic N) is 3. The molecule has 2 N–H and O–H groups in total. The topological polar surface area (TPSA) is 67.9 Å². The summed E-state index contributed by atoms with van der Waals surface area (Å²) in [6.07, 6.45) is 1.59. The maximum Gasteiger partial charge on any atom is 0.319 e. The molecule has 7 heteroatoms. The van der Waals surface area contributed by atoms with Crippen molar-refractivity contribution in [3.05, 3.63) is 65.2 Å². The van der Waals surface area contributed by atoms with E-state index in [0.717, 1.165) is 69.0 Å². The maximum absolute atomic E-state index is 12.5. The molecule has 4 rings (SSSR count). The van der Waals surface area contributed by atoms with Gasteiger partial charge in [0.05, 0.1) is 0 Å². The Kier molecular flexibility index (Phi) is 7.96. The maximum atomic E-state index is 12.5. The molecule has 7 nitrogen and oxygen atoms in total. The summed E-state index contributed by atoms with van der Waals surface area (Å²) in [4.78, 5) is 31.1. The van der Waals surface area contributed by atoms with Gasteiger partial charge in [0.2, 0.25) is 5.91 Å². The fraction of sp³-hybridized carbons (Fsp3) is 0.462. The third-order valence-electron chi connectivity index (χ3n) is 6.62. The van der Waals surface area contributed by atoms with Gasteiger partial charge in [0.15, 0.2) is 0 Å². The van der Waals surface area contributed by atoms with Crippen molar-refractivity contribution in [3.8, 4) is 0 Å². The highest BCUT2D eigenvalue weighted by Gasteiger charge is 2.20. The average Bonchev–Trinajstić information content (AvgIpc) is 3.24. The number of piperazine rings is 1. The molecule has 176 valence electrons. The SMILES string of the molecule is CCN1CCN(Cc2ccccc2CNC(=O)Nc2ccc(CN3CCCC3=O)cc2)CC1. The number of urea groups is 1. The first-order chi connectivity index (χ1) is 16.1. The Labute approximate surface area is 196 Å². The van der Waals surface area contributed by atoms with Gasteiger partial charge in [0.25, 0.3) is 0 Å². The Hall–Kier alpha value is -2.90. The summed E-state index contributed by atoms with van der Waals surface area (Å²) >= 11 is 0. The first kappa shape index (κ1) is 23.3. The van der Waals surface area contributed by atoms with Crippen molar-refractivity contribution in [3.63, 3.8) is 0 Å². The summed E-state index contributed by atoms with van der Waals surface area (Å²) in [6, 6.07) is 15.8. The van der Waals surface area contributed by atoms with Crippen LogP contribution in [0.3, 0.4) is 0 Å². The quantitative estimate of drug-likeness (QED) is 0.649. The molecule has 2 saturated heterocycles. The van der Waals surface area contributed by atoms with E-state index in [0.29, 0.717) is 19.5 Å². The lowest BCUT2D eigenvalue weighted by molar-refractivity contribution is -0.128. The lowest BCUT2D eigenvalue weighted by atomic mass is 10.1. The average molecular weight is 450 g/mol. The van der Waals surface area contributed by atoms with Crippen LogP contribution in [-0.4, -0.2) is 65.9 Å². The molecule has 0 saturated carbocycles. The molecule has 0 bridgehead atoms. The van der Waals surface area contributed by atoms with E-state index < -0.39 is 0 Å². The summed E-state index contributed by atoms with van der Waals surface area (Å²) in [7, 11) is 0. The van der Waals surface area contributed by atoms with Gasteiger partial charge in [0.1, 0.15) is 0 Å². The van der Waals surface area contributed by atoms with Crippen LogP contribution in [0.25, 0.3) is 0 Å². The molecule has 33 heavy (non-hydrogen) atoms. The minimum Gasteiger partial charge on any atom is -0.338 e. The zero-order chi connectivity index (χ0) is 23.0. The number of carbonyl (C=O) groups excluding carboxylic acids is 2. The van der Waals surface area contributed by atoms with E-state index in [9.17, 15) is 9.59 Å². The van der Waals surface area contributed by atoms with Gasteiger partial charge in [-0.15, -0.1) is 0 Å². The smallest absolute Gasteiger partial charge is 0.319 e. The number of likely N-dealkylation sites (tertiary alicyclic amines) is 1. The Bertz CT molecular complexity index is 938. The van der Waals surface area contributed by atoms with Crippen molar-refractivity contribution in [2.24, 2.45) is 0 Å². The van der Waals surface area contributed by atoms with Crippen LogP contribution in [0.1, 0.15) is 36.5 Å². The number of amides is 3. The van der Waals surface area contributed by atoms with Crippen molar-refractivity contribution in [2.75, 3.05) is 44.6 Å². The van der Waals surface area contributed by atoms with Gasteiger partial charge in [0, 0.05) is 64.5 Å². The van der Waals surface area contributed by atoms with Gasteiger partial charge in [-0.3, -0.25) is 9.69 Å². The van der Waals surface area contributed by atoms with Gasteiger partial charge in [-0.1, -0.05) is 43.3 Å². The van der Waals surface area contributed by atoms with E-state index in [1.165, 1.54) is 5.56 Å². The van der Waals surface area contributed by atoms with Crippen LogP contribution in [0.4, 0.5) is 10.5 Å². The zero-order valence-electron chi connectivity index (χ0n) is 19.6. The van der Waals surface area contributed by atoms with Crippen molar-refractivity contribution < 1.29 is 9.59 Å². The molecule has 2 aromatic rings. The normalized spacial score (nSPS) is 17.4. The molecule has 0 atom stereocenters. The number of hydrogen-bond donors (Lipinski definition) is 2. The summed E-state index contributed by atoms with van der Waals surface area (Å²) in [5.74, 6) is 0.222. The number of benzene rings is 2. The van der Waals surface area contributed by atoms with Crippen molar-refractivity contribution >= 4 is 17.6 Å². The predicted octanol–water partition coefficient (Wildman–Crippen LogP) is 3.27. The summed E-state index contributed by atoms with van der Waals surface area (Å²) < 4.78 is 0. The van der Waals surface area contributed by atoms with Crippen LogP contribution in [0.5, 0.6) is 0 Å². The van der Waals surface area contributed by atoms with Crippen LogP contribution < -0.4 is 10.6 Å². The molecular weight excluding hydrogens is 414 g/mol. The van der Waals surface area contributed by atoms with E-state index >= 15 is 0 Å². The number of carbonyl (C=O) groups is 2. The molecule has 2 aliphatic rings. The molecule has 0 spiro atoms. The molecule has 0 radical (unpaired) electrons. The first-order valence-electron chi connectivity index (χ1n) is 12.0. The third kappa shape index (κ3) is 6.55. The standard InChI is InChI=1S/C26H35N5O2/c1-2-29-14-16-30(17-15-29)20-23-7-4-3-6-22(23)18-27-26(33)28-24-11-9-21(10-12-24)19-31-13-5-8-25(31)32/h3-4,6-7,9-12H,2,5,8,13-20H2,1H3,(H2,27,28,33). The van der Waals surface area contributed by atoms with E-state index in [1.807, 2.05) is 35.2 Å². The number of hydrogen-bond acceptors (Lipinski definition) is 4. The summed E-state index contributed by atoms with van der Waals surface area (Å²) in [5, 5.41) is 5.90. The number of nitrogens with one attached hydrogen (secondary N) is 2. The second-order valence-corrected chi connectivity index (χ2v) is 8.90. The molecule has 2 heterocycles. The Balaban J connectivity index is 1.25. The lowest BCUT2D eigenvalue weighted by Crippen LogP contribution is -2.45. The molecule has 2 fully saturated rings.